The molecule has 1 unspecified atom stereocenters. The van der Waals surface area contributed by atoms with E-state index in [1.54, 1.807) is 24.3 Å². The number of hydrogen-bond acceptors (Lipinski definition) is 3. The first-order chi connectivity index (χ1) is 9.51. The van der Waals surface area contributed by atoms with Crippen molar-refractivity contribution in [2.24, 2.45) is 0 Å². The van der Waals surface area contributed by atoms with Crippen LogP contribution in [0.25, 0.3) is 0 Å². The highest BCUT2D eigenvalue weighted by Gasteiger charge is 2.29. The maximum Gasteiger partial charge on any atom is 0.597 e. The second-order valence-corrected chi connectivity index (χ2v) is 5.93. The van der Waals surface area contributed by atoms with Crippen LogP contribution in [0, 0.1) is 20.8 Å². The van der Waals surface area contributed by atoms with E-state index in [0.717, 1.165) is 28.3 Å². The van der Waals surface area contributed by atoms with Crippen molar-refractivity contribution < 1.29 is 13.9 Å². The van der Waals surface area contributed by atoms with Gasteiger partial charge in [-0.1, -0.05) is 17.7 Å². The zero-order valence-corrected chi connectivity index (χ0v) is 12.6. The Morgan fingerprint density at radius 3 is 2.05 bits per heavy atom. The molecule has 102 valence electrons. The lowest BCUT2D eigenvalue weighted by Crippen LogP contribution is -2.09. The van der Waals surface area contributed by atoms with Crippen molar-refractivity contribution in [1.29, 1.82) is 0 Å². The molecule has 0 bridgehead atoms. The molecule has 0 aliphatic carbocycles. The lowest BCUT2D eigenvalue weighted by atomic mass is 10.1. The van der Waals surface area contributed by atoms with Crippen LogP contribution in [0.3, 0.4) is 0 Å². The Morgan fingerprint density at radius 2 is 1.55 bits per heavy atom. The van der Waals surface area contributed by atoms with Crippen LogP contribution >= 0.6 is 8.03 Å². The highest BCUT2D eigenvalue weighted by Crippen LogP contribution is 2.29. The van der Waals surface area contributed by atoms with E-state index in [1.807, 2.05) is 32.9 Å². The molecule has 0 fully saturated rings. The van der Waals surface area contributed by atoms with Gasteiger partial charge in [0.15, 0.2) is 5.75 Å². The molecule has 0 aromatic heterocycles. The van der Waals surface area contributed by atoms with Gasteiger partial charge in [0, 0.05) is 16.7 Å². The fourth-order valence-electron chi connectivity index (χ4n) is 2.21. The number of rotatable bonds is 4. The van der Waals surface area contributed by atoms with E-state index in [9.17, 15) is 9.36 Å². The van der Waals surface area contributed by atoms with Gasteiger partial charge in [-0.15, -0.1) is 0 Å². The molecule has 0 saturated carbocycles. The summed E-state index contributed by atoms with van der Waals surface area (Å²) in [6, 6.07) is 10.6. The number of hydrogen-bond donors (Lipinski definition) is 0. The molecular weight excluding hydrogens is 271 g/mol. The number of aldehydes is 1. The summed E-state index contributed by atoms with van der Waals surface area (Å²) >= 11 is 0. The summed E-state index contributed by atoms with van der Waals surface area (Å²) in [4.78, 5) is 10.6. The lowest BCUT2D eigenvalue weighted by molar-refractivity contribution is 0.112. The van der Waals surface area contributed by atoms with Crippen LogP contribution in [0.15, 0.2) is 36.4 Å². The predicted molar refractivity (Wildman–Crippen MR) is 80.4 cm³/mol. The molecular formula is C16H16O3P+. The average molecular weight is 287 g/mol. The Bertz CT molecular complexity index is 637. The molecule has 0 radical (unpaired) electrons. The number of carbonyl (C=O) groups excluding carboxylic acids is 1. The first-order valence-corrected chi connectivity index (χ1v) is 7.47. The smallest absolute Gasteiger partial charge is 0.298 e. The first-order valence-electron chi connectivity index (χ1n) is 6.29. The van der Waals surface area contributed by atoms with Gasteiger partial charge in [-0.2, -0.15) is 0 Å². The van der Waals surface area contributed by atoms with Crippen molar-refractivity contribution in [1.82, 2.24) is 0 Å². The van der Waals surface area contributed by atoms with Crippen molar-refractivity contribution >= 4 is 19.6 Å². The third-order valence-corrected chi connectivity index (χ3v) is 4.47. The third kappa shape index (κ3) is 3.12. The van der Waals surface area contributed by atoms with Crippen LogP contribution < -0.4 is 9.83 Å². The summed E-state index contributed by atoms with van der Waals surface area (Å²) < 4.78 is 17.9. The molecule has 0 spiro atoms. The lowest BCUT2D eigenvalue weighted by Gasteiger charge is -2.02. The minimum Gasteiger partial charge on any atom is -0.298 e. The van der Waals surface area contributed by atoms with Crippen LogP contribution in [0.1, 0.15) is 27.0 Å². The van der Waals surface area contributed by atoms with Gasteiger partial charge in [-0.25, -0.2) is 0 Å². The van der Waals surface area contributed by atoms with E-state index >= 15 is 0 Å². The molecule has 0 heterocycles. The van der Waals surface area contributed by atoms with E-state index in [4.69, 9.17) is 4.52 Å². The molecule has 4 heteroatoms. The van der Waals surface area contributed by atoms with E-state index in [-0.39, 0.29) is 0 Å². The molecule has 3 nitrogen and oxygen atoms in total. The molecule has 0 N–H and O–H groups in total. The average Bonchev–Trinajstić information content (AvgIpc) is 2.38. The number of carbonyl (C=O) groups is 1. The molecule has 0 aliphatic rings. The van der Waals surface area contributed by atoms with E-state index in [0.29, 0.717) is 11.3 Å². The fourth-order valence-corrected chi connectivity index (χ4v) is 3.32. The minimum absolute atomic E-state index is 0.496. The maximum absolute atomic E-state index is 12.4. The van der Waals surface area contributed by atoms with E-state index < -0.39 is 8.03 Å². The molecule has 20 heavy (non-hydrogen) atoms. The van der Waals surface area contributed by atoms with Gasteiger partial charge in [0.05, 0.1) is 0 Å². The van der Waals surface area contributed by atoms with E-state index in [1.165, 1.54) is 0 Å². The Kier molecular flexibility index (Phi) is 4.31. The molecule has 2 aromatic carbocycles. The van der Waals surface area contributed by atoms with E-state index in [2.05, 4.69) is 0 Å². The summed E-state index contributed by atoms with van der Waals surface area (Å²) in [6.45, 7) is 5.87. The first kappa shape index (κ1) is 14.4. The minimum atomic E-state index is -1.96. The Balaban J connectivity index is 2.25. The van der Waals surface area contributed by atoms with Crippen LogP contribution in [0.2, 0.25) is 0 Å². The van der Waals surface area contributed by atoms with Gasteiger partial charge >= 0.3 is 8.03 Å². The monoisotopic (exact) mass is 287 g/mol. The summed E-state index contributed by atoms with van der Waals surface area (Å²) in [6.07, 6.45) is 0.762. The number of benzene rings is 2. The largest absolute Gasteiger partial charge is 0.597 e. The second kappa shape index (κ2) is 5.98. The van der Waals surface area contributed by atoms with Gasteiger partial charge in [0.1, 0.15) is 6.29 Å². The van der Waals surface area contributed by atoms with Crippen LogP contribution in [0.5, 0.6) is 5.75 Å². The molecule has 0 amide bonds. The Hall–Kier alpha value is -1.99. The summed E-state index contributed by atoms with van der Waals surface area (Å²) in [7, 11) is -1.96. The van der Waals surface area contributed by atoms with Gasteiger partial charge < -0.3 is 0 Å². The Morgan fingerprint density at radius 1 is 1.00 bits per heavy atom. The SMILES string of the molecule is Cc1cc(C)c([P+](=O)Oc2ccc(C=O)cc2)c(C)c1. The van der Waals surface area contributed by atoms with Gasteiger partial charge in [0.25, 0.3) is 0 Å². The molecule has 2 rings (SSSR count). The van der Waals surface area contributed by atoms with Crippen molar-refractivity contribution in [3.8, 4) is 5.75 Å². The van der Waals surface area contributed by atoms with Crippen LogP contribution in [-0.4, -0.2) is 6.29 Å². The summed E-state index contributed by atoms with van der Waals surface area (Å²) in [5, 5.41) is 0.741. The quantitative estimate of drug-likeness (QED) is 0.633. The molecule has 0 aliphatic heterocycles. The van der Waals surface area contributed by atoms with Crippen molar-refractivity contribution in [3.05, 3.63) is 58.7 Å². The van der Waals surface area contributed by atoms with Gasteiger partial charge in [-0.3, -0.25) is 9.32 Å². The van der Waals surface area contributed by atoms with Crippen LogP contribution in [-0.2, 0) is 4.57 Å². The second-order valence-electron chi connectivity index (χ2n) is 4.78. The highest BCUT2D eigenvalue weighted by atomic mass is 31.1. The highest BCUT2D eigenvalue weighted by molar-refractivity contribution is 7.49. The topological polar surface area (TPSA) is 43.4 Å². The molecule has 2 aromatic rings. The zero-order valence-electron chi connectivity index (χ0n) is 11.7. The number of aryl methyl sites for hydroxylation is 3. The van der Waals surface area contributed by atoms with Crippen molar-refractivity contribution in [2.45, 2.75) is 20.8 Å². The fraction of sp³-hybridized carbons (Fsp3) is 0.188. The predicted octanol–water partition coefficient (Wildman–Crippen LogP) is 3.87. The normalized spacial score (nSPS) is 11.1. The zero-order chi connectivity index (χ0) is 14.7. The van der Waals surface area contributed by atoms with Crippen molar-refractivity contribution in [2.75, 3.05) is 0 Å². The third-order valence-electron chi connectivity index (χ3n) is 3.02. The van der Waals surface area contributed by atoms with Gasteiger partial charge in [-0.05, 0) is 49.6 Å². The standard InChI is InChI=1S/C16H16O3P/c1-11-8-12(2)16(13(3)9-11)20(18)19-15-6-4-14(10-17)5-7-15/h4-10H,1-3H3/q+1. The molecule has 1 atom stereocenters. The summed E-state index contributed by atoms with van der Waals surface area (Å²) in [5.41, 5.74) is 3.64. The molecule has 0 saturated heterocycles. The summed E-state index contributed by atoms with van der Waals surface area (Å²) in [5.74, 6) is 0.496. The Labute approximate surface area is 119 Å². The maximum atomic E-state index is 12.4. The van der Waals surface area contributed by atoms with Crippen LogP contribution in [0.4, 0.5) is 0 Å². The van der Waals surface area contributed by atoms with Crippen molar-refractivity contribution in [3.63, 3.8) is 0 Å². The van der Waals surface area contributed by atoms with Gasteiger partial charge in [0.2, 0.25) is 5.30 Å².